The molecule has 1 N–H and O–H groups in total. The lowest BCUT2D eigenvalue weighted by molar-refractivity contribution is -0.0793. The highest BCUT2D eigenvalue weighted by molar-refractivity contribution is 5.05. The van der Waals surface area contributed by atoms with Crippen molar-refractivity contribution in [2.24, 2.45) is 5.92 Å². The summed E-state index contributed by atoms with van der Waals surface area (Å²) in [4.78, 5) is 2.57. The van der Waals surface area contributed by atoms with E-state index in [9.17, 15) is 0 Å². The summed E-state index contributed by atoms with van der Waals surface area (Å²) in [5.41, 5.74) is -0.149. The van der Waals surface area contributed by atoms with Crippen LogP contribution in [0.15, 0.2) is 0 Å². The van der Waals surface area contributed by atoms with Crippen molar-refractivity contribution in [2.45, 2.75) is 71.6 Å². The minimum atomic E-state index is -0.0902. The van der Waals surface area contributed by atoms with E-state index in [0.717, 1.165) is 13.1 Å². The van der Waals surface area contributed by atoms with Crippen molar-refractivity contribution in [2.75, 3.05) is 26.7 Å². The molecule has 0 spiro atoms. The maximum absolute atomic E-state index is 6.31. The first-order chi connectivity index (χ1) is 8.78. The van der Waals surface area contributed by atoms with E-state index in [4.69, 9.17) is 4.74 Å². The Labute approximate surface area is 120 Å². The van der Waals surface area contributed by atoms with E-state index >= 15 is 0 Å². The summed E-state index contributed by atoms with van der Waals surface area (Å²) in [7, 11) is 2.06. The fourth-order valence-corrected chi connectivity index (χ4v) is 3.62. The molecule has 1 fully saturated rings. The largest absolute Gasteiger partial charge is 0.368 e. The number of hydrogen-bond donors (Lipinski definition) is 1. The van der Waals surface area contributed by atoms with Crippen molar-refractivity contribution in [1.82, 2.24) is 10.2 Å². The molecule has 0 aromatic carbocycles. The summed E-state index contributed by atoms with van der Waals surface area (Å²) in [6.45, 7) is 16.9. The third-order valence-electron chi connectivity index (χ3n) is 4.61. The van der Waals surface area contributed by atoms with E-state index in [1.54, 1.807) is 0 Å². The topological polar surface area (TPSA) is 24.5 Å². The van der Waals surface area contributed by atoms with Gasteiger partial charge in [-0.25, -0.2) is 0 Å². The van der Waals surface area contributed by atoms with Gasteiger partial charge in [-0.2, -0.15) is 0 Å². The lowest BCUT2D eigenvalue weighted by atomic mass is 9.82. The molecule has 3 nitrogen and oxygen atoms in total. The van der Waals surface area contributed by atoms with Crippen LogP contribution in [0.1, 0.15) is 54.4 Å². The smallest absolute Gasteiger partial charge is 0.0790 e. The van der Waals surface area contributed by atoms with Crippen LogP contribution in [-0.2, 0) is 4.74 Å². The molecule has 3 heteroatoms. The van der Waals surface area contributed by atoms with E-state index in [2.05, 4.69) is 58.8 Å². The van der Waals surface area contributed by atoms with Crippen LogP contribution in [0.3, 0.4) is 0 Å². The second-order valence-electron chi connectivity index (χ2n) is 6.93. The minimum absolute atomic E-state index is 0.0587. The second kappa shape index (κ2) is 6.55. The van der Waals surface area contributed by atoms with Gasteiger partial charge in [-0.3, -0.25) is 0 Å². The average molecular weight is 270 g/mol. The van der Waals surface area contributed by atoms with Crippen molar-refractivity contribution in [3.63, 3.8) is 0 Å². The van der Waals surface area contributed by atoms with Gasteiger partial charge in [0.25, 0.3) is 0 Å². The molecule has 0 saturated carbocycles. The summed E-state index contributed by atoms with van der Waals surface area (Å²) in [5.74, 6) is 0.532. The molecule has 0 aromatic heterocycles. The summed E-state index contributed by atoms with van der Waals surface area (Å²) >= 11 is 0. The number of unbranched alkanes of at least 4 members (excludes halogenated alkanes) is 1. The van der Waals surface area contributed by atoms with E-state index in [0.29, 0.717) is 12.0 Å². The monoisotopic (exact) mass is 270 g/mol. The fraction of sp³-hybridized carbons (Fsp3) is 1.00. The molecular weight excluding hydrogens is 236 g/mol. The van der Waals surface area contributed by atoms with Crippen molar-refractivity contribution < 1.29 is 4.74 Å². The predicted molar refractivity (Wildman–Crippen MR) is 82.6 cm³/mol. The van der Waals surface area contributed by atoms with Crippen LogP contribution in [0.25, 0.3) is 0 Å². The number of hydrogen-bond acceptors (Lipinski definition) is 3. The number of ether oxygens (including phenoxy) is 1. The molecule has 1 heterocycles. The van der Waals surface area contributed by atoms with Gasteiger partial charge in [-0.05, 0) is 54.3 Å². The van der Waals surface area contributed by atoms with E-state index in [1.807, 2.05) is 0 Å². The normalized spacial score (nSPS) is 29.1. The van der Waals surface area contributed by atoms with Crippen molar-refractivity contribution in [3.8, 4) is 0 Å². The highest BCUT2D eigenvalue weighted by atomic mass is 16.5. The summed E-state index contributed by atoms with van der Waals surface area (Å²) in [6, 6.07) is 0.415. The molecule has 0 aromatic rings. The van der Waals surface area contributed by atoms with Gasteiger partial charge in [0.1, 0.15) is 0 Å². The lowest BCUT2D eigenvalue weighted by Gasteiger charge is -2.34. The maximum Gasteiger partial charge on any atom is 0.0790 e. The third kappa shape index (κ3) is 3.93. The van der Waals surface area contributed by atoms with E-state index in [-0.39, 0.29) is 11.2 Å². The lowest BCUT2D eigenvalue weighted by Crippen LogP contribution is -2.49. The van der Waals surface area contributed by atoms with Crippen LogP contribution in [0, 0.1) is 5.92 Å². The molecule has 19 heavy (non-hydrogen) atoms. The van der Waals surface area contributed by atoms with Gasteiger partial charge in [-0.1, -0.05) is 20.3 Å². The quantitative estimate of drug-likeness (QED) is 0.770. The third-order valence-corrected chi connectivity index (χ3v) is 4.61. The highest BCUT2D eigenvalue weighted by Gasteiger charge is 2.53. The molecule has 2 unspecified atom stereocenters. The predicted octanol–water partition coefficient (Wildman–Crippen LogP) is 2.90. The van der Waals surface area contributed by atoms with Gasteiger partial charge in [0.05, 0.1) is 11.2 Å². The zero-order valence-electron chi connectivity index (χ0n) is 14.0. The van der Waals surface area contributed by atoms with Crippen LogP contribution in [0.5, 0.6) is 0 Å². The Kier molecular flexibility index (Phi) is 5.84. The molecule has 1 saturated heterocycles. The van der Waals surface area contributed by atoms with Gasteiger partial charge >= 0.3 is 0 Å². The minimum Gasteiger partial charge on any atom is -0.368 e. The first-order valence-electron chi connectivity index (χ1n) is 7.88. The van der Waals surface area contributed by atoms with E-state index < -0.39 is 0 Å². The van der Waals surface area contributed by atoms with Gasteiger partial charge in [0, 0.05) is 18.5 Å². The first kappa shape index (κ1) is 16.9. The van der Waals surface area contributed by atoms with Crippen molar-refractivity contribution in [1.29, 1.82) is 0 Å². The Hall–Kier alpha value is -0.120. The molecule has 0 aliphatic carbocycles. The number of nitrogens with one attached hydrogen (secondary N) is 1. The molecule has 0 radical (unpaired) electrons. The summed E-state index contributed by atoms with van der Waals surface area (Å²) < 4.78 is 6.31. The van der Waals surface area contributed by atoms with Gasteiger partial charge in [-0.15, -0.1) is 0 Å². The standard InChI is InChI=1S/C16H34N2O/c1-8-10-11-18(9-2)12-13-14(17-7)16(5,6)19-15(13,3)4/h13-14,17H,8-12H2,1-7H3. The molecule has 0 bridgehead atoms. The Morgan fingerprint density at radius 1 is 1.11 bits per heavy atom. The molecule has 1 aliphatic heterocycles. The van der Waals surface area contributed by atoms with Crippen LogP contribution in [0.2, 0.25) is 0 Å². The molecule has 114 valence electrons. The zero-order chi connectivity index (χ0) is 14.7. The Morgan fingerprint density at radius 3 is 2.21 bits per heavy atom. The van der Waals surface area contributed by atoms with Crippen molar-refractivity contribution >= 4 is 0 Å². The van der Waals surface area contributed by atoms with Crippen LogP contribution in [-0.4, -0.2) is 48.8 Å². The summed E-state index contributed by atoms with van der Waals surface area (Å²) in [5, 5.41) is 3.49. The van der Waals surface area contributed by atoms with Gasteiger partial charge < -0.3 is 15.0 Å². The zero-order valence-corrected chi connectivity index (χ0v) is 14.0. The molecular formula is C16H34N2O. The molecule has 2 atom stereocenters. The Bertz CT molecular complexity index is 276. The van der Waals surface area contributed by atoms with Gasteiger partial charge in [0.15, 0.2) is 0 Å². The molecule has 1 rings (SSSR count). The fourth-order valence-electron chi connectivity index (χ4n) is 3.62. The Balaban J connectivity index is 2.77. The van der Waals surface area contributed by atoms with E-state index in [1.165, 1.54) is 19.4 Å². The Morgan fingerprint density at radius 2 is 1.74 bits per heavy atom. The SMILES string of the molecule is CCCCN(CC)CC1C(NC)C(C)(C)OC1(C)C. The van der Waals surface area contributed by atoms with Gasteiger partial charge in [0.2, 0.25) is 0 Å². The number of likely N-dealkylation sites (N-methyl/N-ethyl adjacent to an activating group) is 1. The van der Waals surface area contributed by atoms with Crippen LogP contribution >= 0.6 is 0 Å². The van der Waals surface area contributed by atoms with Crippen molar-refractivity contribution in [3.05, 3.63) is 0 Å². The van der Waals surface area contributed by atoms with Crippen LogP contribution < -0.4 is 5.32 Å². The highest BCUT2D eigenvalue weighted by Crippen LogP contribution is 2.42. The molecule has 0 amide bonds. The van der Waals surface area contributed by atoms with Crippen LogP contribution in [0.4, 0.5) is 0 Å². The molecule has 1 aliphatic rings. The number of nitrogens with zero attached hydrogens (tertiary/aromatic N) is 1. The second-order valence-corrected chi connectivity index (χ2v) is 6.93. The maximum atomic E-state index is 6.31. The average Bonchev–Trinajstić information content (AvgIpc) is 2.48. The summed E-state index contributed by atoms with van der Waals surface area (Å²) in [6.07, 6.45) is 2.55. The number of rotatable bonds is 7. The first-order valence-corrected chi connectivity index (χ1v) is 7.88.